The van der Waals surface area contributed by atoms with Gasteiger partial charge in [0.1, 0.15) is 5.75 Å². The number of anilines is 1. The smallest absolute Gasteiger partial charge is 0.416 e. The van der Waals surface area contributed by atoms with E-state index in [0.29, 0.717) is 12.1 Å². The van der Waals surface area contributed by atoms with Gasteiger partial charge in [0.25, 0.3) is 15.9 Å². The Balaban J connectivity index is 2.09. The highest BCUT2D eigenvalue weighted by atomic mass is 35.5. The van der Waals surface area contributed by atoms with E-state index in [-0.39, 0.29) is 44.8 Å². The van der Waals surface area contributed by atoms with E-state index >= 15 is 0 Å². The molecule has 3 rings (SSSR count). The second-order valence-electron chi connectivity index (χ2n) is 7.67. The molecular weight excluding hydrogens is 537 g/mol. The lowest BCUT2D eigenvalue weighted by Gasteiger charge is -2.17. The van der Waals surface area contributed by atoms with Crippen molar-refractivity contribution in [2.75, 3.05) is 11.3 Å². The Morgan fingerprint density at radius 2 is 1.78 bits per heavy atom. The van der Waals surface area contributed by atoms with Gasteiger partial charge in [0, 0.05) is 17.1 Å². The van der Waals surface area contributed by atoms with E-state index < -0.39 is 40.1 Å². The molecule has 0 unspecified atom stereocenters. The fourth-order valence-electron chi connectivity index (χ4n) is 3.23. The lowest BCUT2D eigenvalue weighted by molar-refractivity contribution is -0.138. The number of halogens is 4. The number of ether oxygens (including phenoxy) is 1. The monoisotopic (exact) mass is 556 g/mol. The standard InChI is InChI=1S/C24H20ClF3N2O6S/c1-2-29-23(33)15-6-7-21(20(11-15)30-37(34,35)19-5-3-4-17(25)13-19)36-18-9-14(10-22(31)32)8-16(12-18)24(26,27)28/h3-9,11-13,30H,2,10H2,1H3,(H,29,33)(H,31,32). The lowest BCUT2D eigenvalue weighted by atomic mass is 10.1. The second-order valence-corrected chi connectivity index (χ2v) is 9.79. The minimum absolute atomic E-state index is 0.0496. The molecule has 0 bridgehead atoms. The van der Waals surface area contributed by atoms with Gasteiger partial charge in [0.05, 0.1) is 22.6 Å². The molecule has 0 aliphatic carbocycles. The van der Waals surface area contributed by atoms with Gasteiger partial charge in [0.2, 0.25) is 0 Å². The summed E-state index contributed by atoms with van der Waals surface area (Å²) in [6.45, 7) is 1.97. The van der Waals surface area contributed by atoms with Crippen molar-refractivity contribution < 1.29 is 41.0 Å². The fraction of sp³-hybridized carbons (Fsp3) is 0.167. The summed E-state index contributed by atoms with van der Waals surface area (Å²) in [5, 5.41) is 11.7. The first-order valence-corrected chi connectivity index (χ1v) is 12.5. The van der Waals surface area contributed by atoms with Gasteiger partial charge in [-0.25, -0.2) is 8.42 Å². The maximum atomic E-state index is 13.4. The van der Waals surface area contributed by atoms with Crippen LogP contribution < -0.4 is 14.8 Å². The molecular formula is C24H20ClF3N2O6S. The number of hydrogen-bond acceptors (Lipinski definition) is 5. The third-order valence-corrected chi connectivity index (χ3v) is 6.40. The van der Waals surface area contributed by atoms with Crippen LogP contribution in [0, 0.1) is 0 Å². The van der Waals surface area contributed by atoms with Crippen molar-refractivity contribution in [2.24, 2.45) is 0 Å². The predicted molar refractivity (Wildman–Crippen MR) is 130 cm³/mol. The van der Waals surface area contributed by atoms with Gasteiger partial charge in [-0.2, -0.15) is 13.2 Å². The van der Waals surface area contributed by atoms with Crippen LogP contribution in [0.15, 0.2) is 65.6 Å². The van der Waals surface area contributed by atoms with E-state index in [1.54, 1.807) is 6.92 Å². The van der Waals surface area contributed by atoms with E-state index in [9.17, 15) is 31.2 Å². The molecule has 0 radical (unpaired) electrons. The summed E-state index contributed by atoms with van der Waals surface area (Å²) in [7, 11) is -4.26. The highest BCUT2D eigenvalue weighted by Gasteiger charge is 2.32. The first kappa shape index (κ1) is 27.8. The van der Waals surface area contributed by atoms with Gasteiger partial charge in [-0.1, -0.05) is 17.7 Å². The first-order chi connectivity index (χ1) is 17.3. The van der Waals surface area contributed by atoms with E-state index in [1.807, 2.05) is 0 Å². The van der Waals surface area contributed by atoms with Crippen LogP contribution in [0.3, 0.4) is 0 Å². The number of alkyl halides is 3. The Morgan fingerprint density at radius 3 is 2.41 bits per heavy atom. The van der Waals surface area contributed by atoms with Crippen LogP contribution in [0.5, 0.6) is 11.5 Å². The van der Waals surface area contributed by atoms with Gasteiger partial charge in [-0.05, 0) is 67.1 Å². The van der Waals surface area contributed by atoms with Gasteiger partial charge < -0.3 is 15.2 Å². The van der Waals surface area contributed by atoms with Crippen molar-refractivity contribution in [3.8, 4) is 11.5 Å². The van der Waals surface area contributed by atoms with Crippen molar-refractivity contribution in [3.05, 3.63) is 82.4 Å². The molecule has 3 aromatic rings. The van der Waals surface area contributed by atoms with E-state index in [4.69, 9.17) is 21.4 Å². The molecule has 0 aromatic heterocycles. The molecule has 3 N–H and O–H groups in total. The molecule has 37 heavy (non-hydrogen) atoms. The molecule has 13 heteroatoms. The number of hydrogen-bond donors (Lipinski definition) is 3. The number of carboxylic acid groups (broad SMARTS) is 1. The zero-order valence-corrected chi connectivity index (χ0v) is 20.7. The quantitative estimate of drug-likeness (QED) is 0.327. The number of sulfonamides is 1. The van der Waals surface area contributed by atoms with Crippen molar-refractivity contribution in [1.29, 1.82) is 0 Å². The average Bonchev–Trinajstić information content (AvgIpc) is 2.79. The van der Waals surface area contributed by atoms with Crippen LogP contribution >= 0.6 is 11.6 Å². The van der Waals surface area contributed by atoms with Crippen LogP contribution in [-0.2, 0) is 27.4 Å². The number of rotatable bonds is 9. The van der Waals surface area contributed by atoms with Crippen LogP contribution in [0.2, 0.25) is 5.02 Å². The van der Waals surface area contributed by atoms with E-state index in [1.165, 1.54) is 36.4 Å². The maximum absolute atomic E-state index is 13.4. The van der Waals surface area contributed by atoms with Gasteiger partial charge in [0.15, 0.2) is 5.75 Å². The summed E-state index contributed by atoms with van der Waals surface area (Å²) in [6.07, 6.45) is -5.50. The molecule has 0 aliphatic heterocycles. The van der Waals surface area contributed by atoms with Crippen molar-refractivity contribution in [2.45, 2.75) is 24.4 Å². The summed E-state index contributed by atoms with van der Waals surface area (Å²) >= 11 is 5.89. The maximum Gasteiger partial charge on any atom is 0.416 e. The molecule has 3 aromatic carbocycles. The molecule has 0 aliphatic rings. The van der Waals surface area contributed by atoms with Crippen LogP contribution in [0.1, 0.15) is 28.4 Å². The summed E-state index contributed by atoms with van der Waals surface area (Å²) in [5.41, 5.74) is -1.53. The van der Waals surface area contributed by atoms with Crippen molar-refractivity contribution >= 4 is 39.2 Å². The summed E-state index contributed by atoms with van der Waals surface area (Å²) < 4.78 is 74.1. The Kier molecular flexibility index (Phi) is 8.34. The summed E-state index contributed by atoms with van der Waals surface area (Å²) in [5.74, 6) is -2.51. The third-order valence-electron chi connectivity index (χ3n) is 4.81. The van der Waals surface area contributed by atoms with Gasteiger partial charge in [-0.3, -0.25) is 14.3 Å². The number of carboxylic acids is 1. The van der Waals surface area contributed by atoms with Gasteiger partial charge >= 0.3 is 12.1 Å². The topological polar surface area (TPSA) is 122 Å². The SMILES string of the molecule is CCNC(=O)c1ccc(Oc2cc(CC(=O)O)cc(C(F)(F)F)c2)c(NS(=O)(=O)c2cccc(Cl)c2)c1. The highest BCUT2D eigenvalue weighted by Crippen LogP contribution is 2.37. The molecule has 8 nitrogen and oxygen atoms in total. The Hall–Kier alpha value is -3.77. The first-order valence-electron chi connectivity index (χ1n) is 10.6. The van der Waals surface area contributed by atoms with Crippen LogP contribution in [0.4, 0.5) is 18.9 Å². The molecule has 0 fully saturated rings. The highest BCUT2D eigenvalue weighted by molar-refractivity contribution is 7.92. The number of benzene rings is 3. The zero-order valence-electron chi connectivity index (χ0n) is 19.1. The molecule has 0 spiro atoms. The fourth-order valence-corrected chi connectivity index (χ4v) is 4.59. The van der Waals surface area contributed by atoms with Crippen molar-refractivity contribution in [3.63, 3.8) is 0 Å². The minimum atomic E-state index is -4.80. The number of nitrogens with one attached hydrogen (secondary N) is 2. The zero-order chi connectivity index (χ0) is 27.4. The van der Waals surface area contributed by atoms with Crippen molar-refractivity contribution in [1.82, 2.24) is 5.32 Å². The van der Waals surface area contributed by atoms with Gasteiger partial charge in [-0.15, -0.1) is 0 Å². The number of aliphatic carboxylic acids is 1. The molecule has 1 amide bonds. The molecule has 0 atom stereocenters. The molecule has 0 heterocycles. The second kappa shape index (κ2) is 11.1. The van der Waals surface area contributed by atoms with Crippen LogP contribution in [0.25, 0.3) is 0 Å². The van der Waals surface area contributed by atoms with E-state index in [0.717, 1.165) is 12.1 Å². The average molecular weight is 557 g/mol. The number of carbonyl (C=O) groups excluding carboxylic acids is 1. The molecule has 196 valence electrons. The van der Waals surface area contributed by atoms with Crippen LogP contribution in [-0.4, -0.2) is 31.9 Å². The molecule has 0 saturated carbocycles. The third kappa shape index (κ3) is 7.37. The normalized spacial score (nSPS) is 11.6. The largest absolute Gasteiger partial charge is 0.481 e. The molecule has 0 saturated heterocycles. The number of carbonyl (C=O) groups is 2. The Morgan fingerprint density at radius 1 is 1.05 bits per heavy atom. The summed E-state index contributed by atoms with van der Waals surface area (Å²) in [4.78, 5) is 23.2. The Labute approximate surface area is 215 Å². The number of amides is 1. The van der Waals surface area contributed by atoms with E-state index in [2.05, 4.69) is 10.0 Å². The summed E-state index contributed by atoms with van der Waals surface area (Å²) in [6, 6.07) is 11.4. The Bertz CT molecular complexity index is 1440. The predicted octanol–water partition coefficient (Wildman–Crippen LogP) is 5.33. The minimum Gasteiger partial charge on any atom is -0.481 e. The lowest BCUT2D eigenvalue weighted by Crippen LogP contribution is -2.23.